The van der Waals surface area contributed by atoms with Gasteiger partial charge in [0.1, 0.15) is 0 Å². The van der Waals surface area contributed by atoms with Gasteiger partial charge in [0.25, 0.3) is 5.91 Å². The maximum absolute atomic E-state index is 11.8. The number of ether oxygens (including phenoxy) is 2. The Kier molecular flexibility index (Phi) is 4.30. The molecule has 0 aromatic heterocycles. The van der Waals surface area contributed by atoms with E-state index < -0.39 is 12.2 Å². The molecule has 0 radical (unpaired) electrons. The van der Waals surface area contributed by atoms with Crippen LogP contribution in [0, 0.1) is 0 Å². The molecule has 1 aliphatic heterocycles. The molecule has 1 fully saturated rings. The Morgan fingerprint density at radius 2 is 2.11 bits per heavy atom. The highest BCUT2D eigenvalue weighted by Crippen LogP contribution is 2.16. The summed E-state index contributed by atoms with van der Waals surface area (Å²) in [4.78, 5) is 11.8. The molecule has 1 aromatic rings. The molecule has 1 saturated heterocycles. The lowest BCUT2D eigenvalue weighted by Crippen LogP contribution is -2.39. The number of anilines is 1. The molecule has 1 heterocycles. The van der Waals surface area contributed by atoms with Crippen molar-refractivity contribution in [2.45, 2.75) is 19.1 Å². The monoisotopic (exact) mass is 251 g/mol. The van der Waals surface area contributed by atoms with Crippen LogP contribution in [0.3, 0.4) is 0 Å². The summed E-state index contributed by atoms with van der Waals surface area (Å²) in [6.07, 6.45) is -1.06. The van der Waals surface area contributed by atoms with Gasteiger partial charge in [0.15, 0.2) is 6.10 Å². The van der Waals surface area contributed by atoms with Crippen LogP contribution in [-0.4, -0.2) is 36.9 Å². The summed E-state index contributed by atoms with van der Waals surface area (Å²) in [7, 11) is 0. The molecule has 2 unspecified atom stereocenters. The number of aliphatic hydroxyl groups is 1. The van der Waals surface area contributed by atoms with Crippen LogP contribution < -0.4 is 5.32 Å². The highest BCUT2D eigenvalue weighted by Gasteiger charge is 2.22. The van der Waals surface area contributed by atoms with E-state index in [0.717, 1.165) is 5.56 Å². The Balaban J connectivity index is 1.94. The highest BCUT2D eigenvalue weighted by molar-refractivity contribution is 5.94. The van der Waals surface area contributed by atoms with E-state index in [1.165, 1.54) is 0 Å². The predicted octanol–water partition coefficient (Wildman–Crippen LogP) is 1.09. The number of hydrogen-bond acceptors (Lipinski definition) is 4. The Morgan fingerprint density at radius 3 is 2.67 bits per heavy atom. The molecule has 2 N–H and O–H groups in total. The zero-order valence-corrected chi connectivity index (χ0v) is 10.3. The zero-order chi connectivity index (χ0) is 13.0. The number of carbonyl (C=O) groups excluding carboxylic acids is 1. The first-order chi connectivity index (χ1) is 8.66. The maximum Gasteiger partial charge on any atom is 0.255 e. The first kappa shape index (κ1) is 13.0. The molecule has 5 heteroatoms. The van der Waals surface area contributed by atoms with Crippen molar-refractivity contribution in [1.29, 1.82) is 0 Å². The van der Waals surface area contributed by atoms with Gasteiger partial charge in [-0.25, -0.2) is 0 Å². The van der Waals surface area contributed by atoms with Crippen LogP contribution in [-0.2, 0) is 14.3 Å². The topological polar surface area (TPSA) is 67.8 Å². The molecular weight excluding hydrogens is 234 g/mol. The number of rotatable bonds is 3. The molecule has 2 rings (SSSR count). The fourth-order valence-corrected chi connectivity index (χ4v) is 1.71. The minimum atomic E-state index is -0.546. The minimum Gasteiger partial charge on any atom is -0.389 e. The van der Waals surface area contributed by atoms with Gasteiger partial charge < -0.3 is 19.9 Å². The number of aliphatic hydroxyl groups excluding tert-OH is 1. The summed E-state index contributed by atoms with van der Waals surface area (Å²) in [5.74, 6) is -0.209. The molecule has 1 aliphatic rings. The normalized spacial score (nSPS) is 21.3. The quantitative estimate of drug-likeness (QED) is 0.844. The number of benzene rings is 1. The third kappa shape index (κ3) is 3.29. The lowest BCUT2D eigenvalue weighted by molar-refractivity contribution is -0.142. The summed E-state index contributed by atoms with van der Waals surface area (Å²) in [6, 6.07) is 7.06. The van der Waals surface area contributed by atoms with E-state index in [0.29, 0.717) is 18.9 Å². The number of hydrogen-bond donors (Lipinski definition) is 2. The average molecular weight is 251 g/mol. The number of nitrogens with one attached hydrogen (secondary N) is 1. The molecule has 0 aliphatic carbocycles. The average Bonchev–Trinajstić information content (AvgIpc) is 2.40. The molecule has 1 aromatic carbocycles. The van der Waals surface area contributed by atoms with Gasteiger partial charge in [-0.05, 0) is 24.6 Å². The third-order valence-electron chi connectivity index (χ3n) is 2.77. The number of amides is 1. The van der Waals surface area contributed by atoms with Gasteiger partial charge in [-0.15, -0.1) is 0 Å². The van der Waals surface area contributed by atoms with Crippen LogP contribution >= 0.6 is 0 Å². The van der Waals surface area contributed by atoms with Gasteiger partial charge >= 0.3 is 0 Å². The van der Waals surface area contributed by atoms with E-state index in [4.69, 9.17) is 9.47 Å². The van der Waals surface area contributed by atoms with Gasteiger partial charge in [-0.2, -0.15) is 0 Å². The van der Waals surface area contributed by atoms with Crippen molar-refractivity contribution in [1.82, 2.24) is 0 Å². The van der Waals surface area contributed by atoms with Crippen LogP contribution in [0.25, 0.3) is 0 Å². The van der Waals surface area contributed by atoms with Crippen molar-refractivity contribution < 1.29 is 19.4 Å². The first-order valence-corrected chi connectivity index (χ1v) is 5.95. The van der Waals surface area contributed by atoms with Crippen LogP contribution in [0.4, 0.5) is 5.69 Å². The van der Waals surface area contributed by atoms with E-state index in [1.54, 1.807) is 31.2 Å². The zero-order valence-electron chi connectivity index (χ0n) is 10.3. The second-order valence-corrected chi connectivity index (χ2v) is 4.22. The minimum absolute atomic E-state index is 0.209. The van der Waals surface area contributed by atoms with Crippen LogP contribution in [0.15, 0.2) is 24.3 Å². The van der Waals surface area contributed by atoms with E-state index in [1.807, 2.05) is 0 Å². The molecule has 0 bridgehead atoms. The second kappa shape index (κ2) is 5.95. The number of carbonyl (C=O) groups is 1. The second-order valence-electron chi connectivity index (χ2n) is 4.22. The Hall–Kier alpha value is -1.43. The summed E-state index contributed by atoms with van der Waals surface area (Å²) in [6.45, 7) is 2.96. The lowest BCUT2D eigenvalue weighted by atomic mass is 10.1. The fraction of sp³-hybridized carbons (Fsp3) is 0.462. The van der Waals surface area contributed by atoms with Crippen molar-refractivity contribution in [2.24, 2.45) is 0 Å². The van der Waals surface area contributed by atoms with Gasteiger partial charge in [-0.3, -0.25) is 4.79 Å². The third-order valence-corrected chi connectivity index (χ3v) is 2.77. The SMILES string of the molecule is CC(O)c1ccc(NC(=O)C2COCCO2)cc1. The van der Waals surface area contributed by atoms with E-state index in [2.05, 4.69) is 5.32 Å². The molecule has 5 nitrogen and oxygen atoms in total. The summed E-state index contributed by atoms with van der Waals surface area (Å²) < 4.78 is 10.5. The van der Waals surface area contributed by atoms with Crippen LogP contribution in [0.2, 0.25) is 0 Å². The molecule has 1 amide bonds. The van der Waals surface area contributed by atoms with E-state index >= 15 is 0 Å². The summed E-state index contributed by atoms with van der Waals surface area (Å²) in [5.41, 5.74) is 1.49. The maximum atomic E-state index is 11.8. The van der Waals surface area contributed by atoms with Crippen molar-refractivity contribution in [3.63, 3.8) is 0 Å². The summed E-state index contributed by atoms with van der Waals surface area (Å²) in [5, 5.41) is 12.1. The van der Waals surface area contributed by atoms with Gasteiger partial charge in [-0.1, -0.05) is 12.1 Å². The van der Waals surface area contributed by atoms with Gasteiger partial charge in [0.05, 0.1) is 25.9 Å². The van der Waals surface area contributed by atoms with Gasteiger partial charge in [0, 0.05) is 5.69 Å². The van der Waals surface area contributed by atoms with Crippen molar-refractivity contribution in [2.75, 3.05) is 25.1 Å². The lowest BCUT2D eigenvalue weighted by Gasteiger charge is -2.22. The van der Waals surface area contributed by atoms with E-state index in [-0.39, 0.29) is 12.5 Å². The molecular formula is C13H17NO4. The molecule has 2 atom stereocenters. The standard InChI is InChI=1S/C13H17NO4/c1-9(15)10-2-4-11(5-3-10)14-13(16)12-8-17-6-7-18-12/h2-5,9,12,15H,6-8H2,1H3,(H,14,16). The van der Waals surface area contributed by atoms with Crippen molar-refractivity contribution in [3.05, 3.63) is 29.8 Å². The molecule has 98 valence electrons. The Morgan fingerprint density at radius 1 is 1.39 bits per heavy atom. The fourth-order valence-electron chi connectivity index (χ4n) is 1.71. The van der Waals surface area contributed by atoms with Gasteiger partial charge in [0.2, 0.25) is 0 Å². The largest absolute Gasteiger partial charge is 0.389 e. The Bertz CT molecular complexity index is 396. The Labute approximate surface area is 106 Å². The van der Waals surface area contributed by atoms with Crippen LogP contribution in [0.1, 0.15) is 18.6 Å². The van der Waals surface area contributed by atoms with E-state index in [9.17, 15) is 9.90 Å². The van der Waals surface area contributed by atoms with Crippen molar-refractivity contribution >= 4 is 11.6 Å². The molecule has 18 heavy (non-hydrogen) atoms. The molecule has 0 saturated carbocycles. The highest BCUT2D eigenvalue weighted by atomic mass is 16.6. The van der Waals surface area contributed by atoms with Crippen molar-refractivity contribution in [3.8, 4) is 0 Å². The van der Waals surface area contributed by atoms with Crippen LogP contribution in [0.5, 0.6) is 0 Å². The summed E-state index contributed by atoms with van der Waals surface area (Å²) >= 11 is 0. The molecule has 0 spiro atoms. The smallest absolute Gasteiger partial charge is 0.255 e. The first-order valence-electron chi connectivity index (χ1n) is 5.95. The predicted molar refractivity (Wildman–Crippen MR) is 66.3 cm³/mol.